The standard InChI is InChI=1S/C19H19F2N5/c1-13(2)26(12-14-6-4-3-5-7-14)19-24-18(11-22-25-19)23-15-8-9-16(20)17(21)10-15/h3-11,13H,12H2,1-2H3,(H,23,24,25). The topological polar surface area (TPSA) is 53.9 Å². The minimum atomic E-state index is -0.926. The average Bonchev–Trinajstić information content (AvgIpc) is 2.64. The zero-order valence-corrected chi connectivity index (χ0v) is 14.5. The lowest BCUT2D eigenvalue weighted by Crippen LogP contribution is -2.32. The Morgan fingerprint density at radius 3 is 2.50 bits per heavy atom. The molecule has 26 heavy (non-hydrogen) atoms. The minimum Gasteiger partial charge on any atom is -0.339 e. The molecule has 0 amide bonds. The van der Waals surface area contributed by atoms with E-state index in [1.807, 2.05) is 49.1 Å². The van der Waals surface area contributed by atoms with Crippen molar-refractivity contribution in [3.63, 3.8) is 0 Å². The van der Waals surface area contributed by atoms with E-state index in [0.717, 1.165) is 17.7 Å². The van der Waals surface area contributed by atoms with E-state index in [2.05, 4.69) is 20.5 Å². The number of anilines is 3. The molecule has 0 aliphatic carbocycles. The Labute approximate surface area is 150 Å². The summed E-state index contributed by atoms with van der Waals surface area (Å²) in [6, 6.07) is 13.7. The van der Waals surface area contributed by atoms with Gasteiger partial charge in [0.2, 0.25) is 5.95 Å². The lowest BCUT2D eigenvalue weighted by Gasteiger charge is -2.26. The van der Waals surface area contributed by atoms with E-state index >= 15 is 0 Å². The highest BCUT2D eigenvalue weighted by molar-refractivity contribution is 5.56. The summed E-state index contributed by atoms with van der Waals surface area (Å²) in [7, 11) is 0. The first kappa shape index (κ1) is 17.7. The Bertz CT molecular complexity index is 871. The van der Waals surface area contributed by atoms with Crippen LogP contribution in [-0.4, -0.2) is 21.2 Å². The molecule has 0 bridgehead atoms. The Morgan fingerprint density at radius 2 is 1.81 bits per heavy atom. The molecule has 0 spiro atoms. The predicted molar refractivity (Wildman–Crippen MR) is 97.2 cm³/mol. The fraction of sp³-hybridized carbons (Fsp3) is 0.211. The third-order valence-electron chi connectivity index (χ3n) is 3.82. The van der Waals surface area contributed by atoms with Crippen molar-refractivity contribution in [2.24, 2.45) is 0 Å². The molecule has 2 aromatic carbocycles. The summed E-state index contributed by atoms with van der Waals surface area (Å²) in [5.41, 5.74) is 1.51. The fourth-order valence-corrected chi connectivity index (χ4v) is 2.46. The number of hydrogen-bond acceptors (Lipinski definition) is 5. The van der Waals surface area contributed by atoms with Crippen LogP contribution < -0.4 is 10.2 Å². The first-order valence-electron chi connectivity index (χ1n) is 8.25. The van der Waals surface area contributed by atoms with E-state index in [1.54, 1.807) is 0 Å². The zero-order chi connectivity index (χ0) is 18.5. The summed E-state index contributed by atoms with van der Waals surface area (Å²) in [5, 5.41) is 11.0. The van der Waals surface area contributed by atoms with Crippen LogP contribution in [0.25, 0.3) is 0 Å². The van der Waals surface area contributed by atoms with E-state index in [0.29, 0.717) is 24.0 Å². The quantitative estimate of drug-likeness (QED) is 0.714. The van der Waals surface area contributed by atoms with Crippen molar-refractivity contribution >= 4 is 17.5 Å². The molecule has 0 radical (unpaired) electrons. The van der Waals surface area contributed by atoms with Crippen LogP contribution in [0.4, 0.5) is 26.2 Å². The highest BCUT2D eigenvalue weighted by Gasteiger charge is 2.15. The molecule has 0 fully saturated rings. The van der Waals surface area contributed by atoms with Gasteiger partial charge in [0.15, 0.2) is 17.5 Å². The van der Waals surface area contributed by atoms with Gasteiger partial charge in [0.25, 0.3) is 0 Å². The van der Waals surface area contributed by atoms with E-state index in [9.17, 15) is 8.78 Å². The summed E-state index contributed by atoms with van der Waals surface area (Å²) in [4.78, 5) is 6.48. The third kappa shape index (κ3) is 4.30. The van der Waals surface area contributed by atoms with E-state index < -0.39 is 11.6 Å². The van der Waals surface area contributed by atoms with Crippen LogP contribution in [0.3, 0.4) is 0 Å². The highest BCUT2D eigenvalue weighted by Crippen LogP contribution is 2.20. The van der Waals surface area contributed by atoms with Crippen molar-refractivity contribution in [3.05, 3.63) is 71.9 Å². The largest absolute Gasteiger partial charge is 0.339 e. The van der Waals surface area contributed by atoms with Crippen molar-refractivity contribution in [2.75, 3.05) is 10.2 Å². The maximum atomic E-state index is 13.4. The number of nitrogens with one attached hydrogen (secondary N) is 1. The number of rotatable bonds is 6. The van der Waals surface area contributed by atoms with Crippen molar-refractivity contribution in [1.82, 2.24) is 15.2 Å². The number of aromatic nitrogens is 3. The van der Waals surface area contributed by atoms with Gasteiger partial charge >= 0.3 is 0 Å². The summed E-state index contributed by atoms with van der Waals surface area (Å²) in [6.45, 7) is 4.72. The van der Waals surface area contributed by atoms with Crippen LogP contribution in [0.1, 0.15) is 19.4 Å². The van der Waals surface area contributed by atoms with Gasteiger partial charge in [-0.15, -0.1) is 5.10 Å². The number of nitrogens with zero attached hydrogens (tertiary/aromatic N) is 4. The van der Waals surface area contributed by atoms with Gasteiger partial charge in [-0.3, -0.25) is 0 Å². The van der Waals surface area contributed by atoms with Crippen LogP contribution in [0.15, 0.2) is 54.7 Å². The van der Waals surface area contributed by atoms with Crippen molar-refractivity contribution < 1.29 is 8.78 Å². The SMILES string of the molecule is CC(C)N(Cc1ccccc1)c1nncc(Nc2ccc(F)c(F)c2)n1. The smallest absolute Gasteiger partial charge is 0.247 e. The van der Waals surface area contributed by atoms with Crippen LogP contribution in [0.5, 0.6) is 0 Å². The van der Waals surface area contributed by atoms with Gasteiger partial charge in [0.1, 0.15) is 0 Å². The van der Waals surface area contributed by atoms with Crippen molar-refractivity contribution in [3.8, 4) is 0 Å². The monoisotopic (exact) mass is 355 g/mol. The maximum Gasteiger partial charge on any atom is 0.247 e. The molecule has 1 N–H and O–H groups in total. The Morgan fingerprint density at radius 1 is 1.04 bits per heavy atom. The minimum absolute atomic E-state index is 0.149. The molecule has 0 aliphatic heterocycles. The molecule has 3 aromatic rings. The van der Waals surface area contributed by atoms with Crippen LogP contribution in [0.2, 0.25) is 0 Å². The van der Waals surface area contributed by atoms with E-state index in [-0.39, 0.29) is 6.04 Å². The molecular weight excluding hydrogens is 336 g/mol. The van der Waals surface area contributed by atoms with Gasteiger partial charge in [0.05, 0.1) is 6.20 Å². The van der Waals surface area contributed by atoms with Gasteiger partial charge in [-0.25, -0.2) is 8.78 Å². The first-order chi connectivity index (χ1) is 12.5. The predicted octanol–water partition coefficient (Wildman–Crippen LogP) is 4.31. The molecule has 0 aliphatic rings. The normalized spacial score (nSPS) is 10.8. The van der Waals surface area contributed by atoms with Crippen LogP contribution in [0, 0.1) is 11.6 Å². The fourth-order valence-electron chi connectivity index (χ4n) is 2.46. The van der Waals surface area contributed by atoms with Gasteiger partial charge in [0, 0.05) is 24.3 Å². The second-order valence-electron chi connectivity index (χ2n) is 6.10. The average molecular weight is 355 g/mol. The Balaban J connectivity index is 1.82. The lowest BCUT2D eigenvalue weighted by atomic mass is 10.2. The molecule has 0 atom stereocenters. The first-order valence-corrected chi connectivity index (χ1v) is 8.25. The summed E-state index contributed by atoms with van der Waals surface area (Å²) in [5.74, 6) is -0.966. The van der Waals surface area contributed by atoms with Gasteiger partial charge in [-0.05, 0) is 31.5 Å². The molecule has 1 aromatic heterocycles. The summed E-state index contributed by atoms with van der Waals surface area (Å²) < 4.78 is 26.4. The molecule has 7 heteroatoms. The molecular formula is C19H19F2N5. The Hall–Kier alpha value is -3.09. The third-order valence-corrected chi connectivity index (χ3v) is 3.82. The molecule has 1 heterocycles. The molecule has 0 unspecified atom stereocenters. The van der Waals surface area contributed by atoms with Crippen molar-refractivity contribution in [2.45, 2.75) is 26.4 Å². The molecule has 0 saturated carbocycles. The summed E-state index contributed by atoms with van der Waals surface area (Å²) >= 11 is 0. The second-order valence-corrected chi connectivity index (χ2v) is 6.10. The Kier molecular flexibility index (Phi) is 5.36. The molecule has 3 rings (SSSR count). The maximum absolute atomic E-state index is 13.4. The molecule has 0 saturated heterocycles. The van der Waals surface area contributed by atoms with E-state index in [1.165, 1.54) is 12.3 Å². The van der Waals surface area contributed by atoms with Crippen molar-refractivity contribution in [1.29, 1.82) is 0 Å². The van der Waals surface area contributed by atoms with E-state index in [4.69, 9.17) is 0 Å². The molecule has 134 valence electrons. The lowest BCUT2D eigenvalue weighted by molar-refractivity contribution is 0.509. The van der Waals surface area contributed by atoms with Crippen LogP contribution >= 0.6 is 0 Å². The number of benzene rings is 2. The number of halogens is 2. The summed E-state index contributed by atoms with van der Waals surface area (Å²) in [6.07, 6.45) is 1.44. The molecule has 5 nitrogen and oxygen atoms in total. The second kappa shape index (κ2) is 7.86. The van der Waals surface area contributed by atoms with Crippen LogP contribution in [-0.2, 0) is 6.54 Å². The van der Waals surface area contributed by atoms with Gasteiger partial charge < -0.3 is 10.2 Å². The van der Waals surface area contributed by atoms with Gasteiger partial charge in [-0.1, -0.05) is 30.3 Å². The highest BCUT2D eigenvalue weighted by atomic mass is 19.2. The van der Waals surface area contributed by atoms with Gasteiger partial charge in [-0.2, -0.15) is 10.1 Å². The zero-order valence-electron chi connectivity index (χ0n) is 14.5. The number of hydrogen-bond donors (Lipinski definition) is 1.